The zero-order valence-corrected chi connectivity index (χ0v) is 15.8. The first kappa shape index (κ1) is 18.0. The van der Waals surface area contributed by atoms with Gasteiger partial charge in [0.2, 0.25) is 11.6 Å². The molecule has 142 valence electrons. The van der Waals surface area contributed by atoms with Gasteiger partial charge in [0.25, 0.3) is 0 Å². The van der Waals surface area contributed by atoms with Crippen LogP contribution in [0, 0.1) is 10.1 Å². The van der Waals surface area contributed by atoms with Crippen molar-refractivity contribution in [3.8, 4) is 0 Å². The van der Waals surface area contributed by atoms with Crippen LogP contribution in [0.15, 0.2) is 36.7 Å². The van der Waals surface area contributed by atoms with Crippen LogP contribution in [-0.2, 0) is 6.54 Å². The molecule has 0 amide bonds. The molecular weight excluding hydrogens is 364 g/mol. The third kappa shape index (κ3) is 3.98. The summed E-state index contributed by atoms with van der Waals surface area (Å²) >= 11 is 1.76. The molecule has 0 radical (unpaired) electrons. The van der Waals surface area contributed by atoms with Gasteiger partial charge >= 0.3 is 5.69 Å². The molecule has 2 aromatic rings. The second-order valence-electron chi connectivity index (χ2n) is 6.68. The Morgan fingerprint density at radius 1 is 1.00 bits per heavy atom. The Labute approximate surface area is 162 Å². The molecule has 2 saturated heterocycles. The van der Waals surface area contributed by atoms with E-state index in [-0.39, 0.29) is 10.6 Å². The SMILES string of the molecule is O=[N+]([O-])c1c(N2CCN(Cc3ccccc3)CC2)ncnc1N1CCSC1. The molecule has 0 N–H and O–H groups in total. The molecule has 8 nitrogen and oxygen atoms in total. The first-order valence-corrected chi connectivity index (χ1v) is 10.2. The van der Waals surface area contributed by atoms with Gasteiger partial charge in [0.15, 0.2) is 0 Å². The standard InChI is InChI=1S/C18H22N6O2S/c25-24(26)16-17(19-13-20-18(16)23-10-11-27-14-23)22-8-6-21(7-9-22)12-15-4-2-1-3-5-15/h1-5,13H,6-12,14H2. The summed E-state index contributed by atoms with van der Waals surface area (Å²) in [5.74, 6) is 2.60. The normalized spacial score (nSPS) is 18.1. The minimum atomic E-state index is -0.329. The van der Waals surface area contributed by atoms with E-state index in [9.17, 15) is 10.1 Å². The second-order valence-corrected chi connectivity index (χ2v) is 7.75. The smallest absolute Gasteiger partial charge is 0.348 e. The number of nitro groups is 1. The largest absolute Gasteiger partial charge is 0.353 e. The van der Waals surface area contributed by atoms with Crippen molar-refractivity contribution in [3.05, 3.63) is 52.3 Å². The monoisotopic (exact) mass is 386 g/mol. The lowest BCUT2D eigenvalue weighted by atomic mass is 10.2. The lowest BCUT2D eigenvalue weighted by Crippen LogP contribution is -2.46. The summed E-state index contributed by atoms with van der Waals surface area (Å²) in [6, 6.07) is 10.4. The maximum atomic E-state index is 11.8. The van der Waals surface area contributed by atoms with Gasteiger partial charge in [0.05, 0.1) is 10.8 Å². The van der Waals surface area contributed by atoms with Gasteiger partial charge in [-0.15, -0.1) is 11.8 Å². The summed E-state index contributed by atoms with van der Waals surface area (Å²) in [5, 5.41) is 11.8. The second kappa shape index (κ2) is 8.10. The van der Waals surface area contributed by atoms with Crippen LogP contribution in [0.25, 0.3) is 0 Å². The Kier molecular flexibility index (Phi) is 5.40. The molecule has 3 heterocycles. The first-order valence-electron chi connectivity index (χ1n) is 9.05. The van der Waals surface area contributed by atoms with Crippen LogP contribution in [0.5, 0.6) is 0 Å². The molecule has 0 spiro atoms. The summed E-state index contributed by atoms with van der Waals surface area (Å²) in [5.41, 5.74) is 1.32. The van der Waals surface area contributed by atoms with E-state index in [1.807, 2.05) is 28.0 Å². The predicted molar refractivity (Wildman–Crippen MR) is 107 cm³/mol. The molecule has 0 aliphatic carbocycles. The van der Waals surface area contributed by atoms with Crippen molar-refractivity contribution in [1.29, 1.82) is 0 Å². The van der Waals surface area contributed by atoms with Gasteiger partial charge in [-0.25, -0.2) is 9.97 Å². The molecule has 27 heavy (non-hydrogen) atoms. The van der Waals surface area contributed by atoms with Gasteiger partial charge in [0.1, 0.15) is 6.33 Å². The average molecular weight is 386 g/mol. The lowest BCUT2D eigenvalue weighted by molar-refractivity contribution is -0.383. The van der Waals surface area contributed by atoms with Crippen molar-refractivity contribution in [1.82, 2.24) is 14.9 Å². The van der Waals surface area contributed by atoms with E-state index in [0.29, 0.717) is 11.6 Å². The summed E-state index contributed by atoms with van der Waals surface area (Å²) in [6.07, 6.45) is 1.46. The Bertz CT molecular complexity index is 792. The highest BCUT2D eigenvalue weighted by molar-refractivity contribution is 7.99. The minimum absolute atomic E-state index is 0.0384. The first-order chi connectivity index (χ1) is 13.2. The zero-order chi connectivity index (χ0) is 18.6. The van der Waals surface area contributed by atoms with E-state index in [1.54, 1.807) is 11.8 Å². The van der Waals surface area contributed by atoms with Gasteiger partial charge in [-0.1, -0.05) is 30.3 Å². The Morgan fingerprint density at radius 3 is 2.33 bits per heavy atom. The van der Waals surface area contributed by atoms with E-state index >= 15 is 0 Å². The Hall–Kier alpha value is -2.39. The Morgan fingerprint density at radius 2 is 1.70 bits per heavy atom. The van der Waals surface area contributed by atoms with E-state index in [4.69, 9.17) is 0 Å². The number of anilines is 2. The van der Waals surface area contributed by atoms with Crippen molar-refractivity contribution < 1.29 is 4.92 Å². The third-order valence-electron chi connectivity index (χ3n) is 4.94. The van der Waals surface area contributed by atoms with Crippen LogP contribution in [0.3, 0.4) is 0 Å². The molecule has 0 bridgehead atoms. The average Bonchev–Trinajstić information content (AvgIpc) is 3.23. The van der Waals surface area contributed by atoms with Crippen LogP contribution >= 0.6 is 11.8 Å². The molecule has 4 rings (SSSR count). The Balaban J connectivity index is 1.49. The molecule has 0 atom stereocenters. The van der Waals surface area contributed by atoms with Gasteiger partial charge in [-0.3, -0.25) is 15.0 Å². The fraction of sp³-hybridized carbons (Fsp3) is 0.444. The predicted octanol–water partition coefficient (Wildman–Crippen LogP) is 2.22. The lowest BCUT2D eigenvalue weighted by Gasteiger charge is -2.35. The van der Waals surface area contributed by atoms with Crippen molar-refractivity contribution in [2.75, 3.05) is 54.2 Å². The highest BCUT2D eigenvalue weighted by Gasteiger charge is 2.32. The summed E-state index contributed by atoms with van der Waals surface area (Å²) in [7, 11) is 0. The maximum Gasteiger partial charge on any atom is 0.353 e. The highest BCUT2D eigenvalue weighted by atomic mass is 32.2. The number of hydrogen-bond donors (Lipinski definition) is 0. The molecule has 2 fully saturated rings. The molecular formula is C18H22N6O2S. The van der Waals surface area contributed by atoms with E-state index < -0.39 is 0 Å². The van der Waals surface area contributed by atoms with E-state index in [1.165, 1.54) is 11.9 Å². The quantitative estimate of drug-likeness (QED) is 0.572. The van der Waals surface area contributed by atoms with E-state index in [0.717, 1.165) is 50.9 Å². The topological polar surface area (TPSA) is 78.6 Å². The van der Waals surface area contributed by atoms with Crippen LogP contribution in [0.1, 0.15) is 5.56 Å². The maximum absolute atomic E-state index is 11.8. The fourth-order valence-electron chi connectivity index (χ4n) is 3.53. The van der Waals surface area contributed by atoms with Gasteiger partial charge in [-0.05, 0) is 5.56 Å². The molecule has 9 heteroatoms. The fourth-order valence-corrected chi connectivity index (χ4v) is 4.48. The number of rotatable bonds is 5. The highest BCUT2D eigenvalue weighted by Crippen LogP contribution is 2.36. The number of benzene rings is 1. The summed E-state index contributed by atoms with van der Waals surface area (Å²) in [6.45, 7) is 4.83. The number of nitrogens with zero attached hydrogens (tertiary/aromatic N) is 6. The number of hydrogen-bond acceptors (Lipinski definition) is 8. The minimum Gasteiger partial charge on any atom is -0.348 e. The molecule has 0 unspecified atom stereocenters. The van der Waals surface area contributed by atoms with Gasteiger partial charge < -0.3 is 9.80 Å². The molecule has 1 aromatic heterocycles. The van der Waals surface area contributed by atoms with Crippen LogP contribution in [0.4, 0.5) is 17.3 Å². The zero-order valence-electron chi connectivity index (χ0n) is 15.0. The molecule has 2 aliphatic heterocycles. The summed E-state index contributed by atoms with van der Waals surface area (Å²) in [4.78, 5) is 26.4. The van der Waals surface area contributed by atoms with Crippen LogP contribution in [0.2, 0.25) is 0 Å². The molecule has 0 saturated carbocycles. The van der Waals surface area contributed by atoms with E-state index in [2.05, 4.69) is 27.0 Å². The molecule has 2 aliphatic rings. The van der Waals surface area contributed by atoms with Crippen LogP contribution in [-0.4, -0.2) is 64.1 Å². The van der Waals surface area contributed by atoms with Crippen molar-refractivity contribution in [3.63, 3.8) is 0 Å². The molecule has 1 aromatic carbocycles. The number of piperazine rings is 1. The van der Waals surface area contributed by atoms with Crippen molar-refractivity contribution in [2.45, 2.75) is 6.54 Å². The number of aromatic nitrogens is 2. The van der Waals surface area contributed by atoms with Gasteiger partial charge in [-0.2, -0.15) is 0 Å². The van der Waals surface area contributed by atoms with Crippen molar-refractivity contribution >= 4 is 29.1 Å². The van der Waals surface area contributed by atoms with Crippen molar-refractivity contribution in [2.24, 2.45) is 0 Å². The third-order valence-corrected chi connectivity index (χ3v) is 5.90. The number of thioether (sulfide) groups is 1. The summed E-state index contributed by atoms with van der Waals surface area (Å²) < 4.78 is 0. The van der Waals surface area contributed by atoms with Crippen LogP contribution < -0.4 is 9.80 Å². The van der Waals surface area contributed by atoms with Gasteiger partial charge in [0, 0.05) is 45.0 Å².